The number of hydrogen-bond acceptors (Lipinski definition) is 3. The molecular weight excluding hydrogens is 223 g/mol. The summed E-state index contributed by atoms with van der Waals surface area (Å²) < 4.78 is 12.6. The topological polar surface area (TPSA) is 62.2 Å². The van der Waals surface area contributed by atoms with Gasteiger partial charge in [0.2, 0.25) is 0 Å². The fraction of sp³-hybridized carbons (Fsp3) is 0.500. The van der Waals surface area contributed by atoms with Gasteiger partial charge in [-0.2, -0.15) is 0 Å². The Hall–Kier alpha value is -1.49. The molecule has 94 valence electrons. The summed E-state index contributed by atoms with van der Waals surface area (Å²) in [6.45, 7) is 3.87. The summed E-state index contributed by atoms with van der Waals surface area (Å²) in [6, 6.07) is 2.48. The lowest BCUT2D eigenvalue weighted by molar-refractivity contribution is 0.0313. The van der Waals surface area contributed by atoms with Crippen LogP contribution in [-0.4, -0.2) is 28.1 Å². The summed E-state index contributed by atoms with van der Waals surface area (Å²) in [5.74, 6) is -0.898. The quantitative estimate of drug-likeness (QED) is 0.820. The average Bonchev–Trinajstić information content (AvgIpc) is 2.36. The summed E-state index contributed by atoms with van der Waals surface area (Å²) in [5.41, 5.74) is -0.753. The molecule has 0 aliphatic heterocycles. The number of rotatable bonds is 5. The number of aliphatic hydroxyl groups is 1. The van der Waals surface area contributed by atoms with E-state index < -0.39 is 17.3 Å². The highest BCUT2D eigenvalue weighted by molar-refractivity contribution is 5.92. The summed E-state index contributed by atoms with van der Waals surface area (Å²) in [5, 5.41) is 12.6. The molecule has 1 heterocycles. The molecular formula is C12H17FN2O2. The Morgan fingerprint density at radius 3 is 2.59 bits per heavy atom. The summed E-state index contributed by atoms with van der Waals surface area (Å²) in [4.78, 5) is 15.3. The van der Waals surface area contributed by atoms with Gasteiger partial charge in [0.25, 0.3) is 5.91 Å². The van der Waals surface area contributed by atoms with Gasteiger partial charge in [-0.05, 0) is 25.0 Å². The van der Waals surface area contributed by atoms with Crippen molar-refractivity contribution in [1.82, 2.24) is 10.3 Å². The first kappa shape index (κ1) is 13.6. The Labute approximate surface area is 99.9 Å². The van der Waals surface area contributed by atoms with Gasteiger partial charge in [0.1, 0.15) is 11.5 Å². The van der Waals surface area contributed by atoms with Crippen molar-refractivity contribution in [2.24, 2.45) is 0 Å². The maximum Gasteiger partial charge on any atom is 0.269 e. The molecule has 5 heteroatoms. The van der Waals surface area contributed by atoms with Gasteiger partial charge in [0, 0.05) is 6.54 Å². The van der Waals surface area contributed by atoms with Crippen molar-refractivity contribution in [3.63, 3.8) is 0 Å². The second-order valence-corrected chi connectivity index (χ2v) is 3.98. The number of halogens is 1. The van der Waals surface area contributed by atoms with E-state index in [1.165, 1.54) is 12.1 Å². The minimum atomic E-state index is -0.893. The van der Waals surface area contributed by atoms with Crippen molar-refractivity contribution >= 4 is 5.91 Å². The molecule has 0 bridgehead atoms. The Morgan fingerprint density at radius 1 is 1.47 bits per heavy atom. The molecule has 4 nitrogen and oxygen atoms in total. The van der Waals surface area contributed by atoms with E-state index in [2.05, 4.69) is 10.3 Å². The van der Waals surface area contributed by atoms with Crippen molar-refractivity contribution in [2.75, 3.05) is 6.54 Å². The molecule has 1 aromatic heterocycles. The third kappa shape index (κ3) is 3.78. The van der Waals surface area contributed by atoms with Crippen LogP contribution in [0, 0.1) is 5.82 Å². The molecule has 1 amide bonds. The van der Waals surface area contributed by atoms with Gasteiger partial charge in [-0.25, -0.2) is 9.37 Å². The van der Waals surface area contributed by atoms with Gasteiger partial charge < -0.3 is 10.4 Å². The van der Waals surface area contributed by atoms with Crippen LogP contribution in [0.3, 0.4) is 0 Å². The number of amides is 1. The molecule has 17 heavy (non-hydrogen) atoms. The number of hydrogen-bond donors (Lipinski definition) is 2. The lowest BCUT2D eigenvalue weighted by Gasteiger charge is -2.25. The fourth-order valence-corrected chi connectivity index (χ4v) is 1.35. The first-order valence-electron chi connectivity index (χ1n) is 5.63. The van der Waals surface area contributed by atoms with E-state index in [0.29, 0.717) is 12.8 Å². The summed E-state index contributed by atoms with van der Waals surface area (Å²) in [6.07, 6.45) is 2.10. The van der Waals surface area contributed by atoms with Gasteiger partial charge >= 0.3 is 0 Å². The Bertz CT molecular complexity index is 375. The number of pyridine rings is 1. The molecule has 0 unspecified atom stereocenters. The highest BCUT2D eigenvalue weighted by Crippen LogP contribution is 2.13. The normalized spacial score (nSPS) is 11.3. The number of nitrogens with zero attached hydrogens (tertiary/aromatic N) is 1. The van der Waals surface area contributed by atoms with Crippen molar-refractivity contribution in [3.8, 4) is 0 Å². The van der Waals surface area contributed by atoms with E-state index in [1.54, 1.807) is 0 Å². The zero-order valence-corrected chi connectivity index (χ0v) is 10.0. The van der Waals surface area contributed by atoms with Gasteiger partial charge in [-0.1, -0.05) is 13.8 Å². The molecule has 2 N–H and O–H groups in total. The monoisotopic (exact) mass is 240 g/mol. The van der Waals surface area contributed by atoms with E-state index in [-0.39, 0.29) is 12.2 Å². The molecule has 0 aliphatic carbocycles. The Morgan fingerprint density at radius 2 is 2.12 bits per heavy atom. The SMILES string of the molecule is CCC(O)(CC)CNC(=O)c1ccc(F)cn1. The van der Waals surface area contributed by atoms with Crippen LogP contribution < -0.4 is 5.32 Å². The van der Waals surface area contributed by atoms with Gasteiger partial charge in [0.05, 0.1) is 11.8 Å². The summed E-state index contributed by atoms with van der Waals surface area (Å²) in [7, 11) is 0. The molecule has 0 saturated heterocycles. The fourth-order valence-electron chi connectivity index (χ4n) is 1.35. The van der Waals surface area contributed by atoms with Gasteiger partial charge in [-0.15, -0.1) is 0 Å². The third-order valence-electron chi connectivity index (χ3n) is 2.85. The zero-order valence-electron chi connectivity index (χ0n) is 10.0. The molecule has 0 atom stereocenters. The van der Waals surface area contributed by atoms with Crippen LogP contribution in [0.2, 0.25) is 0 Å². The van der Waals surface area contributed by atoms with E-state index >= 15 is 0 Å². The maximum atomic E-state index is 12.6. The lowest BCUT2D eigenvalue weighted by Crippen LogP contribution is -2.42. The average molecular weight is 240 g/mol. The van der Waals surface area contributed by atoms with Gasteiger partial charge in [-0.3, -0.25) is 4.79 Å². The third-order valence-corrected chi connectivity index (χ3v) is 2.85. The second-order valence-electron chi connectivity index (χ2n) is 3.98. The van der Waals surface area contributed by atoms with Crippen LogP contribution in [0.15, 0.2) is 18.3 Å². The molecule has 0 aromatic carbocycles. The van der Waals surface area contributed by atoms with Crippen LogP contribution in [0.4, 0.5) is 4.39 Å². The zero-order chi connectivity index (χ0) is 12.9. The van der Waals surface area contributed by atoms with Crippen molar-refractivity contribution < 1.29 is 14.3 Å². The first-order valence-corrected chi connectivity index (χ1v) is 5.63. The molecule has 1 aromatic rings. The standard InChI is InChI=1S/C12H17FN2O2/c1-3-12(17,4-2)8-15-11(16)10-6-5-9(13)7-14-10/h5-7,17H,3-4,8H2,1-2H3,(H,15,16). The van der Waals surface area contributed by atoms with Crippen LogP contribution >= 0.6 is 0 Å². The van der Waals surface area contributed by atoms with E-state index in [1.807, 2.05) is 13.8 Å². The number of carbonyl (C=O) groups is 1. The van der Waals surface area contributed by atoms with Crippen LogP contribution in [0.25, 0.3) is 0 Å². The predicted octanol–water partition coefficient (Wildman–Crippen LogP) is 1.50. The van der Waals surface area contributed by atoms with E-state index in [0.717, 1.165) is 6.20 Å². The summed E-state index contributed by atoms with van der Waals surface area (Å²) >= 11 is 0. The minimum Gasteiger partial charge on any atom is -0.388 e. The molecule has 0 spiro atoms. The Balaban J connectivity index is 2.58. The van der Waals surface area contributed by atoms with Gasteiger partial charge in [0.15, 0.2) is 0 Å². The van der Waals surface area contributed by atoms with Crippen LogP contribution in [0.1, 0.15) is 37.2 Å². The Kier molecular flexibility index (Phi) is 4.57. The van der Waals surface area contributed by atoms with E-state index in [4.69, 9.17) is 0 Å². The molecule has 0 saturated carbocycles. The number of carbonyl (C=O) groups excluding carboxylic acids is 1. The highest BCUT2D eigenvalue weighted by atomic mass is 19.1. The smallest absolute Gasteiger partial charge is 0.269 e. The predicted molar refractivity (Wildman–Crippen MR) is 62.1 cm³/mol. The maximum absolute atomic E-state index is 12.6. The second kappa shape index (κ2) is 5.72. The first-order chi connectivity index (χ1) is 8.00. The van der Waals surface area contributed by atoms with E-state index in [9.17, 15) is 14.3 Å². The van der Waals surface area contributed by atoms with Crippen LogP contribution in [-0.2, 0) is 0 Å². The van der Waals surface area contributed by atoms with Crippen molar-refractivity contribution in [2.45, 2.75) is 32.3 Å². The minimum absolute atomic E-state index is 0.140. The molecule has 1 rings (SSSR count). The number of nitrogens with one attached hydrogen (secondary N) is 1. The highest BCUT2D eigenvalue weighted by Gasteiger charge is 2.23. The molecule has 0 aliphatic rings. The molecule has 0 radical (unpaired) electrons. The lowest BCUT2D eigenvalue weighted by atomic mass is 9.97. The largest absolute Gasteiger partial charge is 0.388 e. The van der Waals surface area contributed by atoms with Crippen molar-refractivity contribution in [3.05, 3.63) is 29.8 Å². The number of aromatic nitrogens is 1. The van der Waals surface area contributed by atoms with Crippen molar-refractivity contribution in [1.29, 1.82) is 0 Å². The molecule has 0 fully saturated rings. The van der Waals surface area contributed by atoms with Crippen LogP contribution in [0.5, 0.6) is 0 Å².